The van der Waals surface area contributed by atoms with Gasteiger partial charge >= 0.3 is 0 Å². The van der Waals surface area contributed by atoms with Crippen LogP contribution in [-0.2, 0) is 4.74 Å². The molecule has 2 heteroatoms. The van der Waals surface area contributed by atoms with Crippen molar-refractivity contribution in [3.05, 3.63) is 12.2 Å². The molecule has 0 heterocycles. The molecule has 2 aliphatic rings. The van der Waals surface area contributed by atoms with Crippen molar-refractivity contribution in [1.82, 2.24) is 0 Å². The molecule has 1 saturated carbocycles. The SMILES string of the molecule is COC1C(CO)CC2CC=CCC21. The number of aliphatic hydroxyl groups is 1. The Morgan fingerprint density at radius 3 is 2.85 bits per heavy atom. The zero-order valence-corrected chi connectivity index (χ0v) is 8.15. The van der Waals surface area contributed by atoms with Gasteiger partial charge in [-0.05, 0) is 31.1 Å². The van der Waals surface area contributed by atoms with Gasteiger partial charge in [0, 0.05) is 19.6 Å². The Morgan fingerprint density at radius 1 is 1.38 bits per heavy atom. The zero-order valence-electron chi connectivity index (χ0n) is 8.15. The number of hydrogen-bond donors (Lipinski definition) is 1. The molecule has 2 aliphatic carbocycles. The lowest BCUT2D eigenvalue weighted by atomic mass is 9.85. The number of ether oxygens (including phenoxy) is 1. The number of allylic oxidation sites excluding steroid dienone is 2. The minimum atomic E-state index is 0.283. The average Bonchev–Trinajstić information content (AvgIpc) is 2.55. The quantitative estimate of drug-likeness (QED) is 0.657. The van der Waals surface area contributed by atoms with Gasteiger partial charge in [-0.1, -0.05) is 12.2 Å². The first-order valence-electron chi connectivity index (χ1n) is 5.15. The number of fused-ring (bicyclic) bond motifs is 1. The molecule has 74 valence electrons. The maximum Gasteiger partial charge on any atom is 0.0655 e. The van der Waals surface area contributed by atoms with E-state index >= 15 is 0 Å². The van der Waals surface area contributed by atoms with Crippen LogP contribution in [0.15, 0.2) is 12.2 Å². The highest BCUT2D eigenvalue weighted by Gasteiger charge is 2.42. The van der Waals surface area contributed by atoms with Gasteiger partial charge in [0.05, 0.1) is 6.10 Å². The van der Waals surface area contributed by atoms with Gasteiger partial charge in [0.15, 0.2) is 0 Å². The fraction of sp³-hybridized carbons (Fsp3) is 0.818. The summed E-state index contributed by atoms with van der Waals surface area (Å²) in [6.45, 7) is 0.283. The van der Waals surface area contributed by atoms with Crippen molar-refractivity contribution < 1.29 is 9.84 Å². The first kappa shape index (κ1) is 9.22. The van der Waals surface area contributed by atoms with Crippen molar-refractivity contribution >= 4 is 0 Å². The molecule has 0 aromatic heterocycles. The molecule has 0 amide bonds. The molecule has 0 radical (unpaired) electrons. The summed E-state index contributed by atoms with van der Waals surface area (Å²) < 4.78 is 5.49. The van der Waals surface area contributed by atoms with Gasteiger partial charge in [-0.15, -0.1) is 0 Å². The second-order valence-corrected chi connectivity index (χ2v) is 4.25. The number of aliphatic hydroxyl groups excluding tert-OH is 1. The highest BCUT2D eigenvalue weighted by atomic mass is 16.5. The van der Waals surface area contributed by atoms with Crippen LogP contribution in [0.3, 0.4) is 0 Å². The van der Waals surface area contributed by atoms with Gasteiger partial charge in [0.2, 0.25) is 0 Å². The van der Waals surface area contributed by atoms with Crippen molar-refractivity contribution in [2.24, 2.45) is 17.8 Å². The van der Waals surface area contributed by atoms with Gasteiger partial charge in [-0.3, -0.25) is 0 Å². The molecule has 2 rings (SSSR count). The summed E-state index contributed by atoms with van der Waals surface area (Å²) in [5, 5.41) is 9.21. The van der Waals surface area contributed by atoms with E-state index in [2.05, 4.69) is 12.2 Å². The fourth-order valence-corrected chi connectivity index (χ4v) is 2.98. The van der Waals surface area contributed by atoms with Crippen molar-refractivity contribution in [3.8, 4) is 0 Å². The van der Waals surface area contributed by atoms with E-state index in [4.69, 9.17) is 4.74 Å². The molecule has 1 fully saturated rings. The summed E-state index contributed by atoms with van der Waals surface area (Å²) in [6.07, 6.45) is 8.28. The second kappa shape index (κ2) is 3.81. The predicted octanol–water partition coefficient (Wildman–Crippen LogP) is 1.60. The van der Waals surface area contributed by atoms with Crippen LogP contribution >= 0.6 is 0 Å². The maximum atomic E-state index is 9.21. The van der Waals surface area contributed by atoms with E-state index in [1.54, 1.807) is 7.11 Å². The first-order chi connectivity index (χ1) is 6.36. The Balaban J connectivity index is 2.09. The molecule has 0 saturated heterocycles. The Kier molecular flexibility index (Phi) is 2.70. The summed E-state index contributed by atoms with van der Waals surface area (Å²) in [7, 11) is 1.77. The second-order valence-electron chi connectivity index (χ2n) is 4.25. The molecule has 0 bridgehead atoms. The van der Waals surface area contributed by atoms with Gasteiger partial charge in [-0.2, -0.15) is 0 Å². The Hall–Kier alpha value is -0.340. The zero-order chi connectivity index (χ0) is 9.26. The highest BCUT2D eigenvalue weighted by molar-refractivity contribution is 5.02. The van der Waals surface area contributed by atoms with E-state index < -0.39 is 0 Å². The molecule has 0 spiro atoms. The van der Waals surface area contributed by atoms with E-state index in [1.807, 2.05) is 0 Å². The number of rotatable bonds is 2. The van der Waals surface area contributed by atoms with Crippen LogP contribution in [0.25, 0.3) is 0 Å². The van der Waals surface area contributed by atoms with Crippen molar-refractivity contribution in [1.29, 1.82) is 0 Å². The third kappa shape index (κ3) is 1.53. The van der Waals surface area contributed by atoms with Crippen LogP contribution in [0.2, 0.25) is 0 Å². The number of hydrogen-bond acceptors (Lipinski definition) is 2. The van der Waals surface area contributed by atoms with Crippen LogP contribution in [0, 0.1) is 17.8 Å². The van der Waals surface area contributed by atoms with Crippen LogP contribution in [0.4, 0.5) is 0 Å². The molecule has 2 nitrogen and oxygen atoms in total. The van der Waals surface area contributed by atoms with Crippen LogP contribution < -0.4 is 0 Å². The molecule has 0 aromatic carbocycles. The average molecular weight is 182 g/mol. The van der Waals surface area contributed by atoms with Crippen LogP contribution in [0.5, 0.6) is 0 Å². The minimum absolute atomic E-state index is 0.283. The first-order valence-corrected chi connectivity index (χ1v) is 5.15. The lowest BCUT2D eigenvalue weighted by Crippen LogP contribution is -2.27. The molecule has 0 aromatic rings. The van der Waals surface area contributed by atoms with Gasteiger partial charge < -0.3 is 9.84 Å². The topological polar surface area (TPSA) is 29.5 Å². The monoisotopic (exact) mass is 182 g/mol. The molecule has 4 unspecified atom stereocenters. The van der Waals surface area contributed by atoms with Crippen molar-refractivity contribution in [3.63, 3.8) is 0 Å². The third-order valence-corrected chi connectivity index (χ3v) is 3.62. The molecule has 4 atom stereocenters. The molecular weight excluding hydrogens is 164 g/mol. The van der Waals surface area contributed by atoms with E-state index in [1.165, 1.54) is 6.42 Å². The summed E-state index contributed by atoms with van der Waals surface area (Å²) in [5.41, 5.74) is 0. The van der Waals surface area contributed by atoms with E-state index in [0.717, 1.165) is 18.8 Å². The standard InChI is InChI=1S/C11H18O2/c1-13-11-9(7-12)6-8-4-2-3-5-10(8)11/h2-3,8-12H,4-7H2,1H3. The normalized spacial score (nSPS) is 43.5. The van der Waals surface area contributed by atoms with Crippen LogP contribution in [0.1, 0.15) is 19.3 Å². The van der Waals surface area contributed by atoms with E-state index in [-0.39, 0.29) is 6.61 Å². The predicted molar refractivity (Wildman–Crippen MR) is 51.3 cm³/mol. The van der Waals surface area contributed by atoms with Gasteiger partial charge in [-0.25, -0.2) is 0 Å². The summed E-state index contributed by atoms with van der Waals surface area (Å²) in [5.74, 6) is 1.79. The summed E-state index contributed by atoms with van der Waals surface area (Å²) >= 11 is 0. The van der Waals surface area contributed by atoms with E-state index in [0.29, 0.717) is 17.9 Å². The van der Waals surface area contributed by atoms with Crippen LogP contribution in [-0.4, -0.2) is 24.9 Å². The molecule has 0 aliphatic heterocycles. The van der Waals surface area contributed by atoms with Crippen molar-refractivity contribution in [2.75, 3.05) is 13.7 Å². The lowest BCUT2D eigenvalue weighted by molar-refractivity contribution is 0.0148. The largest absolute Gasteiger partial charge is 0.396 e. The maximum absolute atomic E-state index is 9.21. The minimum Gasteiger partial charge on any atom is -0.396 e. The van der Waals surface area contributed by atoms with Gasteiger partial charge in [0.25, 0.3) is 0 Å². The van der Waals surface area contributed by atoms with Gasteiger partial charge in [0.1, 0.15) is 0 Å². The summed E-state index contributed by atoms with van der Waals surface area (Å²) in [4.78, 5) is 0. The van der Waals surface area contributed by atoms with E-state index in [9.17, 15) is 5.11 Å². The molecule has 13 heavy (non-hydrogen) atoms. The highest BCUT2D eigenvalue weighted by Crippen LogP contribution is 2.44. The smallest absolute Gasteiger partial charge is 0.0655 e. The molecular formula is C11H18O2. The molecule has 1 N–H and O–H groups in total. The Labute approximate surface area is 79.6 Å². The third-order valence-electron chi connectivity index (χ3n) is 3.62. The van der Waals surface area contributed by atoms with Crippen molar-refractivity contribution in [2.45, 2.75) is 25.4 Å². The lowest BCUT2D eigenvalue weighted by Gasteiger charge is -2.26. The summed E-state index contributed by atoms with van der Waals surface area (Å²) in [6, 6.07) is 0. The Bertz CT molecular complexity index is 200. The fourth-order valence-electron chi connectivity index (χ4n) is 2.98. The number of methoxy groups -OCH3 is 1. The Morgan fingerprint density at radius 2 is 2.15 bits per heavy atom.